The summed E-state index contributed by atoms with van der Waals surface area (Å²) in [6.45, 7) is 10.4. The highest BCUT2D eigenvalue weighted by Gasteiger charge is 2.23. The van der Waals surface area contributed by atoms with Crippen LogP contribution in [0.15, 0.2) is 0 Å². The van der Waals surface area contributed by atoms with Crippen LogP contribution in [0.1, 0.15) is 40.5 Å². The van der Waals surface area contributed by atoms with E-state index in [0.717, 1.165) is 13.0 Å². The molecule has 0 aliphatic heterocycles. The molecule has 2 unspecified atom stereocenters. The standard InChI is InChI=1S/C15H32N4O2/c1-5-13(10-12(4)14(20)19-11(2)3)15(21)18-9-8-17-7-6-16/h11-13,17H,5-10,16H2,1-4H3,(H,18,21)(H,19,20). The number of amides is 2. The second kappa shape index (κ2) is 11.5. The summed E-state index contributed by atoms with van der Waals surface area (Å²) in [5.74, 6) is -0.233. The van der Waals surface area contributed by atoms with Crippen molar-refractivity contribution in [2.45, 2.75) is 46.6 Å². The zero-order valence-corrected chi connectivity index (χ0v) is 13.9. The molecule has 2 amide bonds. The van der Waals surface area contributed by atoms with Crippen molar-refractivity contribution >= 4 is 11.8 Å². The average Bonchev–Trinajstić information content (AvgIpc) is 2.43. The summed E-state index contributed by atoms with van der Waals surface area (Å²) in [6, 6.07) is 0.127. The summed E-state index contributed by atoms with van der Waals surface area (Å²) in [5, 5.41) is 8.91. The van der Waals surface area contributed by atoms with Crippen molar-refractivity contribution in [3.8, 4) is 0 Å². The summed E-state index contributed by atoms with van der Waals surface area (Å²) < 4.78 is 0. The lowest BCUT2D eigenvalue weighted by Crippen LogP contribution is -2.39. The summed E-state index contributed by atoms with van der Waals surface area (Å²) >= 11 is 0. The van der Waals surface area contributed by atoms with E-state index in [1.54, 1.807) is 0 Å². The van der Waals surface area contributed by atoms with Crippen LogP contribution < -0.4 is 21.7 Å². The molecule has 0 aromatic carbocycles. The SMILES string of the molecule is CCC(CC(C)C(=O)NC(C)C)C(=O)NCCNCCN. The molecular weight excluding hydrogens is 268 g/mol. The van der Waals surface area contributed by atoms with E-state index in [1.807, 2.05) is 27.7 Å². The fourth-order valence-electron chi connectivity index (χ4n) is 2.07. The first kappa shape index (κ1) is 19.9. The Labute approximate surface area is 128 Å². The molecule has 6 heteroatoms. The van der Waals surface area contributed by atoms with E-state index in [0.29, 0.717) is 26.1 Å². The van der Waals surface area contributed by atoms with E-state index in [-0.39, 0.29) is 29.7 Å². The van der Waals surface area contributed by atoms with Gasteiger partial charge in [0, 0.05) is 44.1 Å². The molecule has 0 saturated heterocycles. The molecule has 0 aliphatic carbocycles. The minimum absolute atomic E-state index is 0.0147. The van der Waals surface area contributed by atoms with Gasteiger partial charge < -0.3 is 21.7 Å². The highest BCUT2D eigenvalue weighted by atomic mass is 16.2. The van der Waals surface area contributed by atoms with Crippen LogP contribution in [0.3, 0.4) is 0 Å². The maximum atomic E-state index is 12.1. The van der Waals surface area contributed by atoms with Crippen LogP contribution in [0.2, 0.25) is 0 Å². The van der Waals surface area contributed by atoms with Crippen LogP contribution in [-0.4, -0.2) is 44.0 Å². The number of carbonyl (C=O) groups is 2. The van der Waals surface area contributed by atoms with E-state index in [9.17, 15) is 9.59 Å². The smallest absolute Gasteiger partial charge is 0.223 e. The predicted molar refractivity (Wildman–Crippen MR) is 85.8 cm³/mol. The Balaban J connectivity index is 4.12. The Kier molecular flexibility index (Phi) is 10.9. The molecule has 0 radical (unpaired) electrons. The predicted octanol–water partition coefficient (Wildman–Crippen LogP) is 0.228. The molecule has 0 rings (SSSR count). The number of hydrogen-bond donors (Lipinski definition) is 4. The largest absolute Gasteiger partial charge is 0.355 e. The summed E-state index contributed by atoms with van der Waals surface area (Å²) in [5.41, 5.74) is 5.37. The van der Waals surface area contributed by atoms with Gasteiger partial charge in [0.1, 0.15) is 0 Å². The van der Waals surface area contributed by atoms with Crippen molar-refractivity contribution in [2.24, 2.45) is 17.6 Å². The molecule has 5 N–H and O–H groups in total. The zero-order chi connectivity index (χ0) is 16.3. The van der Waals surface area contributed by atoms with Crippen LogP contribution in [0.5, 0.6) is 0 Å². The maximum absolute atomic E-state index is 12.1. The number of nitrogens with two attached hydrogens (primary N) is 1. The number of hydrogen-bond acceptors (Lipinski definition) is 4. The molecule has 21 heavy (non-hydrogen) atoms. The van der Waals surface area contributed by atoms with Crippen LogP contribution in [0, 0.1) is 11.8 Å². The highest BCUT2D eigenvalue weighted by Crippen LogP contribution is 2.16. The van der Waals surface area contributed by atoms with Crippen molar-refractivity contribution in [2.75, 3.05) is 26.2 Å². The fourth-order valence-corrected chi connectivity index (χ4v) is 2.07. The Bertz CT molecular complexity index is 308. The normalized spacial score (nSPS) is 13.8. The van der Waals surface area contributed by atoms with Crippen LogP contribution in [-0.2, 0) is 9.59 Å². The second-order valence-electron chi connectivity index (χ2n) is 5.73. The molecule has 124 valence electrons. The molecule has 0 aromatic rings. The van der Waals surface area contributed by atoms with Gasteiger partial charge in [-0.2, -0.15) is 0 Å². The highest BCUT2D eigenvalue weighted by molar-refractivity contribution is 5.81. The van der Waals surface area contributed by atoms with Crippen LogP contribution >= 0.6 is 0 Å². The Hall–Kier alpha value is -1.14. The molecule has 2 atom stereocenters. The van der Waals surface area contributed by atoms with Gasteiger partial charge >= 0.3 is 0 Å². The fraction of sp³-hybridized carbons (Fsp3) is 0.867. The molecular formula is C15H32N4O2. The third kappa shape index (κ3) is 9.42. The first-order chi connectivity index (χ1) is 9.92. The molecule has 0 heterocycles. The van der Waals surface area contributed by atoms with E-state index in [2.05, 4.69) is 16.0 Å². The van der Waals surface area contributed by atoms with E-state index >= 15 is 0 Å². The van der Waals surface area contributed by atoms with Gasteiger partial charge in [0.25, 0.3) is 0 Å². The topological polar surface area (TPSA) is 96.2 Å². The second-order valence-corrected chi connectivity index (χ2v) is 5.73. The first-order valence-electron chi connectivity index (χ1n) is 7.91. The van der Waals surface area contributed by atoms with Crippen molar-refractivity contribution in [1.29, 1.82) is 0 Å². The van der Waals surface area contributed by atoms with Crippen molar-refractivity contribution < 1.29 is 9.59 Å². The number of nitrogens with one attached hydrogen (secondary N) is 3. The van der Waals surface area contributed by atoms with Gasteiger partial charge in [-0.3, -0.25) is 9.59 Å². The maximum Gasteiger partial charge on any atom is 0.223 e. The van der Waals surface area contributed by atoms with Crippen LogP contribution in [0.4, 0.5) is 0 Å². The Morgan fingerprint density at radius 2 is 1.71 bits per heavy atom. The molecule has 6 nitrogen and oxygen atoms in total. The molecule has 0 spiro atoms. The van der Waals surface area contributed by atoms with Crippen LogP contribution in [0.25, 0.3) is 0 Å². The lowest BCUT2D eigenvalue weighted by atomic mass is 9.92. The van der Waals surface area contributed by atoms with Crippen molar-refractivity contribution in [1.82, 2.24) is 16.0 Å². The Morgan fingerprint density at radius 3 is 2.24 bits per heavy atom. The molecule has 0 aliphatic rings. The molecule has 0 aromatic heterocycles. The van der Waals surface area contributed by atoms with Crippen molar-refractivity contribution in [3.63, 3.8) is 0 Å². The van der Waals surface area contributed by atoms with Gasteiger partial charge in [0.2, 0.25) is 11.8 Å². The van der Waals surface area contributed by atoms with Gasteiger partial charge in [-0.25, -0.2) is 0 Å². The molecule has 0 bridgehead atoms. The van der Waals surface area contributed by atoms with Gasteiger partial charge in [-0.15, -0.1) is 0 Å². The lowest BCUT2D eigenvalue weighted by Gasteiger charge is -2.20. The van der Waals surface area contributed by atoms with Gasteiger partial charge in [-0.05, 0) is 26.7 Å². The van der Waals surface area contributed by atoms with Gasteiger partial charge in [-0.1, -0.05) is 13.8 Å². The third-order valence-electron chi connectivity index (χ3n) is 3.30. The molecule has 0 saturated carbocycles. The number of rotatable bonds is 11. The number of carbonyl (C=O) groups excluding carboxylic acids is 2. The summed E-state index contributed by atoms with van der Waals surface area (Å²) in [6.07, 6.45) is 1.32. The quantitative estimate of drug-likeness (QED) is 0.411. The van der Waals surface area contributed by atoms with Gasteiger partial charge in [0.15, 0.2) is 0 Å². The minimum Gasteiger partial charge on any atom is -0.355 e. The summed E-state index contributed by atoms with van der Waals surface area (Å²) in [7, 11) is 0. The zero-order valence-electron chi connectivity index (χ0n) is 13.9. The minimum atomic E-state index is -0.154. The van der Waals surface area contributed by atoms with E-state index in [1.165, 1.54) is 0 Å². The summed E-state index contributed by atoms with van der Waals surface area (Å²) in [4.78, 5) is 24.0. The third-order valence-corrected chi connectivity index (χ3v) is 3.30. The van der Waals surface area contributed by atoms with E-state index < -0.39 is 0 Å². The Morgan fingerprint density at radius 1 is 1.05 bits per heavy atom. The van der Waals surface area contributed by atoms with E-state index in [4.69, 9.17) is 5.73 Å². The van der Waals surface area contributed by atoms with Crippen molar-refractivity contribution in [3.05, 3.63) is 0 Å². The lowest BCUT2D eigenvalue weighted by molar-refractivity contribution is -0.128. The van der Waals surface area contributed by atoms with Gasteiger partial charge in [0.05, 0.1) is 0 Å². The molecule has 0 fully saturated rings. The first-order valence-corrected chi connectivity index (χ1v) is 7.91. The average molecular weight is 300 g/mol. The monoisotopic (exact) mass is 300 g/mol.